The van der Waals surface area contributed by atoms with Crippen molar-refractivity contribution in [2.45, 2.75) is 59.8 Å². The molecule has 106 valence electrons. The van der Waals surface area contributed by atoms with Crippen molar-refractivity contribution in [2.75, 3.05) is 13.1 Å². The average molecular weight is 255 g/mol. The van der Waals surface area contributed by atoms with Gasteiger partial charge in [0.2, 0.25) is 0 Å². The number of rotatable bonds is 10. The quantitative estimate of drug-likeness (QED) is 0.463. The van der Waals surface area contributed by atoms with Crippen LogP contribution in [-0.4, -0.2) is 24.2 Å². The van der Waals surface area contributed by atoms with Crippen molar-refractivity contribution >= 4 is 5.97 Å². The van der Waals surface area contributed by atoms with Gasteiger partial charge in [-0.15, -0.1) is 0 Å². The van der Waals surface area contributed by atoms with Crippen molar-refractivity contribution in [3.63, 3.8) is 0 Å². The second kappa shape index (κ2) is 9.15. The molecule has 0 saturated carbocycles. The molecular formula is C15H29NO2. The van der Waals surface area contributed by atoms with E-state index in [1.807, 2.05) is 6.92 Å². The van der Waals surface area contributed by atoms with Crippen molar-refractivity contribution in [2.24, 2.45) is 5.41 Å². The molecule has 0 fully saturated rings. The van der Waals surface area contributed by atoms with Crippen molar-refractivity contribution in [3.8, 4) is 0 Å². The SMILES string of the molecule is CCCCCC(C)(C)CNC/C=C(/CC)C(=O)O. The number of hydrogen-bond acceptors (Lipinski definition) is 2. The molecule has 0 heterocycles. The first-order chi connectivity index (χ1) is 8.43. The zero-order valence-electron chi connectivity index (χ0n) is 12.4. The molecule has 0 spiro atoms. The van der Waals surface area contributed by atoms with E-state index in [4.69, 9.17) is 5.11 Å². The Hall–Kier alpha value is -0.830. The summed E-state index contributed by atoms with van der Waals surface area (Å²) in [6.45, 7) is 10.2. The van der Waals surface area contributed by atoms with Crippen molar-refractivity contribution < 1.29 is 9.90 Å². The van der Waals surface area contributed by atoms with E-state index in [1.54, 1.807) is 6.08 Å². The van der Waals surface area contributed by atoms with Gasteiger partial charge in [0.05, 0.1) is 0 Å². The lowest BCUT2D eigenvalue weighted by atomic mass is 9.87. The Morgan fingerprint density at radius 3 is 2.44 bits per heavy atom. The molecule has 0 bridgehead atoms. The van der Waals surface area contributed by atoms with E-state index < -0.39 is 5.97 Å². The van der Waals surface area contributed by atoms with Crippen molar-refractivity contribution in [1.82, 2.24) is 5.32 Å². The van der Waals surface area contributed by atoms with Crippen molar-refractivity contribution in [1.29, 1.82) is 0 Å². The summed E-state index contributed by atoms with van der Waals surface area (Å²) in [5.74, 6) is -0.804. The van der Waals surface area contributed by atoms with Gasteiger partial charge in [0.25, 0.3) is 0 Å². The summed E-state index contributed by atoms with van der Waals surface area (Å²) in [5.41, 5.74) is 0.782. The summed E-state index contributed by atoms with van der Waals surface area (Å²) in [5, 5.41) is 12.2. The normalized spacial score (nSPS) is 12.8. The Labute approximate surface area is 112 Å². The van der Waals surface area contributed by atoms with Gasteiger partial charge in [0.1, 0.15) is 0 Å². The summed E-state index contributed by atoms with van der Waals surface area (Å²) in [4.78, 5) is 10.8. The van der Waals surface area contributed by atoms with E-state index in [-0.39, 0.29) is 0 Å². The van der Waals surface area contributed by atoms with Crippen LogP contribution in [0.15, 0.2) is 11.6 Å². The van der Waals surface area contributed by atoms with Gasteiger partial charge in [-0.1, -0.05) is 53.0 Å². The third kappa shape index (κ3) is 8.29. The van der Waals surface area contributed by atoms with Crippen LogP contribution in [0.25, 0.3) is 0 Å². The van der Waals surface area contributed by atoms with Gasteiger partial charge in [-0.3, -0.25) is 0 Å². The van der Waals surface area contributed by atoms with Crippen LogP contribution >= 0.6 is 0 Å². The number of nitrogens with one attached hydrogen (secondary N) is 1. The lowest BCUT2D eigenvalue weighted by molar-refractivity contribution is -0.132. The Morgan fingerprint density at radius 1 is 1.28 bits per heavy atom. The highest BCUT2D eigenvalue weighted by Crippen LogP contribution is 2.22. The van der Waals surface area contributed by atoms with Crippen LogP contribution < -0.4 is 5.32 Å². The van der Waals surface area contributed by atoms with Crippen LogP contribution in [0.1, 0.15) is 59.8 Å². The summed E-state index contributed by atoms with van der Waals surface area (Å²) in [7, 11) is 0. The molecule has 18 heavy (non-hydrogen) atoms. The number of carbonyl (C=O) groups is 1. The fraction of sp³-hybridized carbons (Fsp3) is 0.800. The molecule has 0 aliphatic rings. The number of carboxylic acids is 1. The van der Waals surface area contributed by atoms with Gasteiger partial charge in [-0.2, -0.15) is 0 Å². The highest BCUT2D eigenvalue weighted by molar-refractivity contribution is 5.86. The van der Waals surface area contributed by atoms with Crippen LogP contribution in [0.3, 0.4) is 0 Å². The fourth-order valence-electron chi connectivity index (χ4n) is 1.93. The highest BCUT2D eigenvalue weighted by Gasteiger charge is 2.16. The largest absolute Gasteiger partial charge is 0.478 e. The lowest BCUT2D eigenvalue weighted by Gasteiger charge is -2.24. The van der Waals surface area contributed by atoms with Gasteiger partial charge in [-0.25, -0.2) is 4.79 Å². The molecule has 0 unspecified atom stereocenters. The van der Waals surface area contributed by atoms with E-state index in [0.717, 1.165) is 6.54 Å². The second-order valence-corrected chi connectivity index (χ2v) is 5.64. The predicted molar refractivity (Wildman–Crippen MR) is 76.8 cm³/mol. The van der Waals surface area contributed by atoms with Gasteiger partial charge in [0, 0.05) is 18.7 Å². The lowest BCUT2D eigenvalue weighted by Crippen LogP contribution is -2.29. The number of carboxylic acid groups (broad SMARTS) is 1. The molecule has 0 aromatic heterocycles. The first kappa shape index (κ1) is 17.2. The molecular weight excluding hydrogens is 226 g/mol. The van der Waals surface area contributed by atoms with E-state index in [2.05, 4.69) is 26.1 Å². The Kier molecular flexibility index (Phi) is 8.73. The Bertz CT molecular complexity index is 270. The molecule has 0 aromatic carbocycles. The third-order valence-electron chi connectivity index (χ3n) is 3.21. The Balaban J connectivity index is 3.91. The summed E-state index contributed by atoms with van der Waals surface area (Å²) in [6.07, 6.45) is 7.40. The highest BCUT2D eigenvalue weighted by atomic mass is 16.4. The minimum atomic E-state index is -0.804. The third-order valence-corrected chi connectivity index (χ3v) is 3.21. The van der Waals surface area contributed by atoms with Crippen LogP contribution in [0.2, 0.25) is 0 Å². The van der Waals surface area contributed by atoms with Crippen LogP contribution in [-0.2, 0) is 4.79 Å². The standard InChI is InChI=1S/C15H29NO2/c1-5-7-8-10-15(3,4)12-16-11-9-13(6-2)14(17)18/h9,16H,5-8,10-12H2,1-4H3,(H,17,18)/b13-9-. The summed E-state index contributed by atoms with van der Waals surface area (Å²) < 4.78 is 0. The predicted octanol–water partition coefficient (Wildman–Crippen LogP) is 3.60. The summed E-state index contributed by atoms with van der Waals surface area (Å²) in [6, 6.07) is 0. The topological polar surface area (TPSA) is 49.3 Å². The van der Waals surface area contributed by atoms with Gasteiger partial charge >= 0.3 is 5.97 Å². The number of aliphatic carboxylic acids is 1. The first-order valence-electron chi connectivity index (χ1n) is 7.06. The maximum atomic E-state index is 10.8. The zero-order chi connectivity index (χ0) is 14.0. The van der Waals surface area contributed by atoms with Crippen LogP contribution in [0.4, 0.5) is 0 Å². The van der Waals surface area contributed by atoms with Gasteiger partial charge < -0.3 is 10.4 Å². The van der Waals surface area contributed by atoms with E-state index >= 15 is 0 Å². The molecule has 0 rings (SSSR count). The molecule has 0 aliphatic carbocycles. The van der Waals surface area contributed by atoms with Crippen LogP contribution in [0, 0.1) is 5.41 Å². The molecule has 0 aliphatic heterocycles. The maximum absolute atomic E-state index is 10.8. The van der Waals surface area contributed by atoms with Gasteiger partial charge in [0.15, 0.2) is 0 Å². The smallest absolute Gasteiger partial charge is 0.331 e. The van der Waals surface area contributed by atoms with E-state index in [0.29, 0.717) is 24.0 Å². The average Bonchev–Trinajstić information content (AvgIpc) is 2.28. The van der Waals surface area contributed by atoms with Gasteiger partial charge in [-0.05, 0) is 18.3 Å². The van der Waals surface area contributed by atoms with E-state index in [1.165, 1.54) is 25.7 Å². The number of unbranched alkanes of at least 4 members (excludes halogenated alkanes) is 2. The minimum absolute atomic E-state index is 0.290. The zero-order valence-corrected chi connectivity index (χ0v) is 12.4. The fourth-order valence-corrected chi connectivity index (χ4v) is 1.93. The maximum Gasteiger partial charge on any atom is 0.331 e. The van der Waals surface area contributed by atoms with E-state index in [9.17, 15) is 4.79 Å². The molecule has 3 heteroatoms. The molecule has 0 saturated heterocycles. The monoisotopic (exact) mass is 255 g/mol. The molecule has 3 nitrogen and oxygen atoms in total. The minimum Gasteiger partial charge on any atom is -0.478 e. The molecule has 0 radical (unpaired) electrons. The number of hydrogen-bond donors (Lipinski definition) is 2. The first-order valence-corrected chi connectivity index (χ1v) is 7.06. The molecule has 0 atom stereocenters. The summed E-state index contributed by atoms with van der Waals surface area (Å²) >= 11 is 0. The second-order valence-electron chi connectivity index (χ2n) is 5.64. The molecule has 0 aromatic rings. The van der Waals surface area contributed by atoms with Crippen LogP contribution in [0.5, 0.6) is 0 Å². The molecule has 2 N–H and O–H groups in total. The molecule has 0 amide bonds. The van der Waals surface area contributed by atoms with Crippen molar-refractivity contribution in [3.05, 3.63) is 11.6 Å². The Morgan fingerprint density at radius 2 is 1.94 bits per heavy atom.